The zero-order valence-corrected chi connectivity index (χ0v) is 13.0. The van der Waals surface area contributed by atoms with Crippen LogP contribution in [0.5, 0.6) is 5.75 Å². The van der Waals surface area contributed by atoms with Gasteiger partial charge in [0.2, 0.25) is 0 Å². The molecule has 0 spiro atoms. The van der Waals surface area contributed by atoms with Crippen molar-refractivity contribution in [3.63, 3.8) is 0 Å². The fourth-order valence-electron chi connectivity index (χ4n) is 1.78. The van der Waals surface area contributed by atoms with E-state index in [0.717, 1.165) is 12.1 Å². The largest absolute Gasteiger partial charge is 0.481 e. The number of ether oxygens (including phenoxy) is 1. The molecule has 2 aromatic carbocycles. The number of hydrogen-bond acceptors (Lipinski definition) is 2. The van der Waals surface area contributed by atoms with Crippen LogP contribution in [0.3, 0.4) is 0 Å². The van der Waals surface area contributed by atoms with Crippen LogP contribution >= 0.6 is 23.2 Å². The van der Waals surface area contributed by atoms with Gasteiger partial charge < -0.3 is 10.1 Å². The molecule has 0 saturated heterocycles. The number of anilines is 1. The van der Waals surface area contributed by atoms with E-state index in [9.17, 15) is 4.79 Å². The first-order valence-corrected chi connectivity index (χ1v) is 7.31. The lowest BCUT2D eigenvalue weighted by Crippen LogP contribution is -2.20. The van der Waals surface area contributed by atoms with E-state index >= 15 is 0 Å². The highest BCUT2D eigenvalue weighted by Crippen LogP contribution is 2.32. The van der Waals surface area contributed by atoms with Gasteiger partial charge >= 0.3 is 0 Å². The fraction of sp³-hybridized carbons (Fsp3) is 0.188. The molecule has 0 heterocycles. The number of hydrogen-bond donors (Lipinski definition) is 1. The molecule has 0 atom stereocenters. The van der Waals surface area contributed by atoms with Crippen molar-refractivity contribution in [2.24, 2.45) is 0 Å². The Morgan fingerprint density at radius 2 is 1.71 bits per heavy atom. The third-order valence-corrected chi connectivity index (χ3v) is 3.51. The molecule has 0 unspecified atom stereocenters. The van der Waals surface area contributed by atoms with Gasteiger partial charge in [0, 0.05) is 5.69 Å². The minimum atomic E-state index is -0.268. The lowest BCUT2D eigenvalue weighted by atomic mass is 10.1. The molecule has 2 rings (SSSR count). The number of carbonyl (C=O) groups excluding carboxylic acids is 1. The molecule has 110 valence electrons. The molecule has 0 radical (unpaired) electrons. The number of benzene rings is 2. The van der Waals surface area contributed by atoms with Gasteiger partial charge in [0.1, 0.15) is 0 Å². The molecule has 5 heteroatoms. The Morgan fingerprint density at radius 1 is 1.10 bits per heavy atom. The third kappa shape index (κ3) is 4.38. The van der Waals surface area contributed by atoms with E-state index in [1.165, 1.54) is 5.56 Å². The van der Waals surface area contributed by atoms with Crippen LogP contribution in [-0.2, 0) is 11.2 Å². The minimum Gasteiger partial charge on any atom is -0.481 e. The third-order valence-electron chi connectivity index (χ3n) is 2.91. The molecule has 0 aliphatic carbocycles. The van der Waals surface area contributed by atoms with E-state index < -0.39 is 0 Å². The average Bonchev–Trinajstić information content (AvgIpc) is 2.47. The van der Waals surface area contributed by atoms with Gasteiger partial charge in [-0.1, -0.05) is 48.3 Å². The number of rotatable bonds is 5. The highest BCUT2D eigenvalue weighted by atomic mass is 35.5. The monoisotopic (exact) mass is 323 g/mol. The molecule has 21 heavy (non-hydrogen) atoms. The van der Waals surface area contributed by atoms with Crippen LogP contribution in [0.25, 0.3) is 0 Å². The maximum absolute atomic E-state index is 11.8. The van der Waals surface area contributed by atoms with Crippen LogP contribution in [0, 0.1) is 0 Å². The topological polar surface area (TPSA) is 38.3 Å². The van der Waals surface area contributed by atoms with E-state index in [4.69, 9.17) is 27.9 Å². The second-order valence-electron chi connectivity index (χ2n) is 4.44. The lowest BCUT2D eigenvalue weighted by molar-refractivity contribution is -0.118. The Labute approximate surface area is 133 Å². The van der Waals surface area contributed by atoms with Gasteiger partial charge in [0.15, 0.2) is 12.4 Å². The zero-order valence-electron chi connectivity index (χ0n) is 11.5. The standard InChI is InChI=1S/C16H15Cl2NO2/c1-2-11-6-8-12(9-7-11)19-15(20)10-21-16-13(17)4-3-5-14(16)18/h3-9H,2,10H2,1H3,(H,19,20). The molecule has 0 aliphatic rings. The van der Waals surface area contributed by atoms with E-state index in [-0.39, 0.29) is 12.5 Å². The van der Waals surface area contributed by atoms with Gasteiger partial charge in [-0.15, -0.1) is 0 Å². The van der Waals surface area contributed by atoms with Gasteiger partial charge in [-0.3, -0.25) is 4.79 Å². The molecule has 0 bridgehead atoms. The smallest absolute Gasteiger partial charge is 0.262 e. The summed E-state index contributed by atoms with van der Waals surface area (Å²) in [6, 6.07) is 12.7. The molecule has 1 N–H and O–H groups in total. The Kier molecular flexibility index (Phi) is 5.48. The maximum Gasteiger partial charge on any atom is 0.262 e. The number of carbonyl (C=O) groups is 1. The van der Waals surface area contributed by atoms with Crippen LogP contribution in [-0.4, -0.2) is 12.5 Å². The predicted octanol–water partition coefficient (Wildman–Crippen LogP) is 4.57. The van der Waals surface area contributed by atoms with Crippen molar-refractivity contribution >= 4 is 34.8 Å². The van der Waals surface area contributed by atoms with E-state index in [1.807, 2.05) is 24.3 Å². The first-order chi connectivity index (χ1) is 10.1. The Balaban J connectivity index is 1.92. The van der Waals surface area contributed by atoms with Crippen LogP contribution in [0.4, 0.5) is 5.69 Å². The summed E-state index contributed by atoms with van der Waals surface area (Å²) in [4.78, 5) is 11.8. The number of aryl methyl sites for hydroxylation is 1. The van der Waals surface area contributed by atoms with Crippen molar-refractivity contribution in [3.05, 3.63) is 58.1 Å². The van der Waals surface area contributed by atoms with Gasteiger partial charge in [-0.2, -0.15) is 0 Å². The molecule has 2 aromatic rings. The van der Waals surface area contributed by atoms with E-state index in [1.54, 1.807) is 18.2 Å². The van der Waals surface area contributed by atoms with Crippen molar-refractivity contribution in [2.45, 2.75) is 13.3 Å². The molecule has 0 aliphatic heterocycles. The van der Waals surface area contributed by atoms with Gasteiger partial charge in [0.25, 0.3) is 5.91 Å². The van der Waals surface area contributed by atoms with Crippen molar-refractivity contribution in [3.8, 4) is 5.75 Å². The molecule has 1 amide bonds. The second-order valence-corrected chi connectivity index (χ2v) is 5.25. The average molecular weight is 324 g/mol. The Morgan fingerprint density at radius 3 is 2.29 bits per heavy atom. The number of nitrogens with one attached hydrogen (secondary N) is 1. The molecule has 0 aromatic heterocycles. The minimum absolute atomic E-state index is 0.154. The quantitative estimate of drug-likeness (QED) is 0.875. The normalized spacial score (nSPS) is 10.2. The number of para-hydroxylation sites is 1. The van der Waals surface area contributed by atoms with E-state index in [2.05, 4.69) is 12.2 Å². The van der Waals surface area contributed by atoms with Crippen molar-refractivity contribution in [1.29, 1.82) is 0 Å². The highest BCUT2D eigenvalue weighted by molar-refractivity contribution is 6.37. The summed E-state index contributed by atoms with van der Waals surface area (Å²) in [6.45, 7) is 1.92. The van der Waals surface area contributed by atoms with Gasteiger partial charge in [0.05, 0.1) is 10.0 Å². The summed E-state index contributed by atoms with van der Waals surface area (Å²) in [5.74, 6) is 0.0487. The second kappa shape index (κ2) is 7.34. The lowest BCUT2D eigenvalue weighted by Gasteiger charge is -2.10. The van der Waals surface area contributed by atoms with Crippen LogP contribution in [0.1, 0.15) is 12.5 Å². The summed E-state index contributed by atoms with van der Waals surface area (Å²) in [5.41, 5.74) is 1.94. The molecular formula is C16H15Cl2NO2. The van der Waals surface area contributed by atoms with Gasteiger partial charge in [-0.25, -0.2) is 0 Å². The summed E-state index contributed by atoms with van der Waals surface area (Å²) >= 11 is 11.9. The zero-order chi connectivity index (χ0) is 15.2. The SMILES string of the molecule is CCc1ccc(NC(=O)COc2c(Cl)cccc2Cl)cc1. The molecular weight excluding hydrogens is 309 g/mol. The number of halogens is 2. The van der Waals surface area contributed by atoms with Crippen molar-refractivity contribution < 1.29 is 9.53 Å². The maximum atomic E-state index is 11.8. The molecule has 3 nitrogen and oxygen atoms in total. The van der Waals surface area contributed by atoms with E-state index in [0.29, 0.717) is 15.8 Å². The Bertz CT molecular complexity index is 606. The van der Waals surface area contributed by atoms with Crippen LogP contribution in [0.2, 0.25) is 10.0 Å². The summed E-state index contributed by atoms with van der Waals surface area (Å²) in [7, 11) is 0. The van der Waals surface area contributed by atoms with Crippen LogP contribution < -0.4 is 10.1 Å². The highest BCUT2D eigenvalue weighted by Gasteiger charge is 2.09. The van der Waals surface area contributed by atoms with Crippen LogP contribution in [0.15, 0.2) is 42.5 Å². The van der Waals surface area contributed by atoms with Crippen molar-refractivity contribution in [1.82, 2.24) is 0 Å². The number of amides is 1. The first kappa shape index (κ1) is 15.7. The molecule has 0 fully saturated rings. The first-order valence-electron chi connectivity index (χ1n) is 6.55. The van der Waals surface area contributed by atoms with Gasteiger partial charge in [-0.05, 0) is 36.2 Å². The Hall–Kier alpha value is -1.71. The molecule has 0 saturated carbocycles. The summed E-state index contributed by atoms with van der Waals surface area (Å²) in [6.07, 6.45) is 0.961. The predicted molar refractivity (Wildman–Crippen MR) is 86.4 cm³/mol. The summed E-state index contributed by atoms with van der Waals surface area (Å²) in [5, 5.41) is 3.51. The van der Waals surface area contributed by atoms with Crippen molar-refractivity contribution in [2.75, 3.05) is 11.9 Å². The fourth-order valence-corrected chi connectivity index (χ4v) is 2.29. The summed E-state index contributed by atoms with van der Waals surface area (Å²) < 4.78 is 5.37.